The molecule has 2 amide bonds. The molecule has 0 spiro atoms. The lowest BCUT2D eigenvalue weighted by Gasteiger charge is -2.35. The number of para-hydroxylation sites is 1. The first-order valence-corrected chi connectivity index (χ1v) is 8.36. The number of aliphatic hydroxyl groups excluding tert-OH is 1. The second-order valence-electron chi connectivity index (χ2n) is 6.55. The van der Waals surface area contributed by atoms with Crippen molar-refractivity contribution in [1.29, 1.82) is 0 Å². The zero-order chi connectivity index (χ0) is 17.4. The topological polar surface area (TPSA) is 70.0 Å². The number of β-amino-alcohol motifs (C(OH)–C–C–N with tert-alkyl or cyclic N) is 1. The van der Waals surface area contributed by atoms with E-state index in [4.69, 9.17) is 0 Å². The van der Waals surface area contributed by atoms with Crippen molar-refractivity contribution in [2.75, 3.05) is 13.1 Å². The van der Waals surface area contributed by atoms with Crippen LogP contribution in [0.5, 0.6) is 0 Å². The predicted octanol–water partition coefficient (Wildman–Crippen LogP) is 0.302. The van der Waals surface area contributed by atoms with Gasteiger partial charge in [-0.15, -0.1) is 0 Å². The molecule has 2 aromatic rings. The maximum atomic E-state index is 12.2. The Hall–Kier alpha value is -2.79. The summed E-state index contributed by atoms with van der Waals surface area (Å²) in [6.45, 7) is 0.792. The van der Waals surface area contributed by atoms with Gasteiger partial charge in [0.15, 0.2) is 0 Å². The average Bonchev–Trinajstić information content (AvgIpc) is 2.60. The Morgan fingerprint density at radius 1 is 1.12 bits per heavy atom. The van der Waals surface area contributed by atoms with Crippen LogP contribution in [0.1, 0.15) is 15.9 Å². The lowest BCUT2D eigenvalue weighted by Crippen LogP contribution is -2.53. The molecule has 1 atom stereocenters. The Labute approximate surface area is 144 Å². The van der Waals surface area contributed by atoms with Crippen LogP contribution >= 0.6 is 0 Å². The summed E-state index contributed by atoms with van der Waals surface area (Å²) in [6, 6.07) is 14.9. The van der Waals surface area contributed by atoms with Crippen LogP contribution in [0.3, 0.4) is 0 Å². The van der Waals surface area contributed by atoms with Crippen molar-refractivity contribution in [2.45, 2.75) is 12.5 Å². The molecule has 126 valence electrons. The molecule has 2 aromatic carbocycles. The van der Waals surface area contributed by atoms with E-state index >= 15 is 0 Å². The van der Waals surface area contributed by atoms with Crippen LogP contribution in [0.4, 0.5) is 0 Å². The van der Waals surface area contributed by atoms with Crippen LogP contribution < -0.4 is 10.6 Å². The number of aliphatic hydroxyl groups is 1. The van der Waals surface area contributed by atoms with Gasteiger partial charge in [0.1, 0.15) is 0 Å². The minimum atomic E-state index is -0.400. The van der Waals surface area contributed by atoms with E-state index in [9.17, 15) is 14.7 Å². The maximum Gasteiger partial charge on any atom is 0.254 e. The van der Waals surface area contributed by atoms with E-state index in [2.05, 4.69) is 4.99 Å². The van der Waals surface area contributed by atoms with Gasteiger partial charge in [-0.25, -0.2) is 4.99 Å². The Balaban J connectivity index is 1.49. The van der Waals surface area contributed by atoms with Crippen molar-refractivity contribution >= 4 is 17.9 Å². The summed E-state index contributed by atoms with van der Waals surface area (Å²) in [5, 5.41) is 11.0. The van der Waals surface area contributed by atoms with E-state index in [1.165, 1.54) is 0 Å². The number of fused-ring (bicyclic) bond motifs is 1. The van der Waals surface area contributed by atoms with E-state index in [-0.39, 0.29) is 17.7 Å². The van der Waals surface area contributed by atoms with Gasteiger partial charge in [0.25, 0.3) is 11.8 Å². The Morgan fingerprint density at radius 3 is 2.56 bits per heavy atom. The molecule has 0 saturated carbocycles. The third-order valence-corrected chi connectivity index (χ3v) is 4.67. The lowest BCUT2D eigenvalue weighted by atomic mass is 9.95. The second-order valence-corrected chi connectivity index (χ2v) is 6.55. The molecule has 1 fully saturated rings. The predicted molar refractivity (Wildman–Crippen MR) is 92.2 cm³/mol. The number of nitrogens with zero attached hydrogens (tertiary/aromatic N) is 2. The van der Waals surface area contributed by atoms with Crippen LogP contribution in [-0.4, -0.2) is 41.0 Å². The van der Waals surface area contributed by atoms with Crippen molar-refractivity contribution in [3.63, 3.8) is 0 Å². The molecule has 4 rings (SSSR count). The standard InChI is InChI=1S/C20H18N2O3/c23-17-11-22(12-17)20(25)14-7-5-13(6-8-14)9-16-10-15-3-1-2-4-18(15)21-19(16)24/h1-8,10,16-17,23H,9,11-12H2. The largest absolute Gasteiger partial charge is 0.389 e. The van der Waals surface area contributed by atoms with E-state index < -0.39 is 6.10 Å². The van der Waals surface area contributed by atoms with Crippen molar-refractivity contribution in [2.24, 2.45) is 10.9 Å². The van der Waals surface area contributed by atoms with Crippen LogP contribution in [0.2, 0.25) is 0 Å². The fourth-order valence-corrected chi connectivity index (χ4v) is 3.21. The number of likely N-dealkylation sites (tertiary alicyclic amines) is 1. The molecule has 2 aliphatic rings. The highest BCUT2D eigenvalue weighted by Gasteiger charge is 2.29. The van der Waals surface area contributed by atoms with Gasteiger partial charge in [0.05, 0.1) is 17.4 Å². The molecule has 5 heteroatoms. The summed E-state index contributed by atoms with van der Waals surface area (Å²) in [5.41, 5.74) is 1.59. The van der Waals surface area contributed by atoms with E-state index in [0.717, 1.165) is 16.1 Å². The number of rotatable bonds is 3. The van der Waals surface area contributed by atoms with Gasteiger partial charge < -0.3 is 10.0 Å². The van der Waals surface area contributed by atoms with Crippen molar-refractivity contribution in [3.8, 4) is 0 Å². The molecule has 1 unspecified atom stereocenters. The Morgan fingerprint density at radius 2 is 1.84 bits per heavy atom. The normalized spacial score (nSPS) is 19.5. The van der Waals surface area contributed by atoms with Crippen LogP contribution in [0.25, 0.3) is 6.08 Å². The van der Waals surface area contributed by atoms with E-state index in [1.807, 2.05) is 42.5 Å². The highest BCUT2D eigenvalue weighted by atomic mass is 16.3. The highest BCUT2D eigenvalue weighted by molar-refractivity contribution is 5.94. The number of hydrogen-bond donors (Lipinski definition) is 1. The first-order valence-electron chi connectivity index (χ1n) is 8.36. The number of amides is 2. The molecule has 2 heterocycles. The van der Waals surface area contributed by atoms with Gasteiger partial charge in [-0.2, -0.15) is 0 Å². The first-order chi connectivity index (χ1) is 12.1. The maximum absolute atomic E-state index is 12.2. The first kappa shape index (κ1) is 15.7. The van der Waals surface area contributed by atoms with Gasteiger partial charge in [0.2, 0.25) is 0 Å². The van der Waals surface area contributed by atoms with Crippen molar-refractivity contribution in [1.82, 2.24) is 4.90 Å². The minimum absolute atomic E-state index is 0.0684. The van der Waals surface area contributed by atoms with Crippen LogP contribution in [0.15, 0.2) is 53.5 Å². The van der Waals surface area contributed by atoms with Gasteiger partial charge in [-0.05, 0) is 35.4 Å². The highest BCUT2D eigenvalue weighted by Crippen LogP contribution is 2.17. The van der Waals surface area contributed by atoms with Gasteiger partial charge in [0, 0.05) is 18.7 Å². The lowest BCUT2D eigenvalue weighted by molar-refractivity contribution is -0.120. The molecular formula is C20H18N2O3. The molecule has 1 saturated heterocycles. The summed E-state index contributed by atoms with van der Waals surface area (Å²) in [5.74, 6) is -0.475. The summed E-state index contributed by atoms with van der Waals surface area (Å²) in [7, 11) is 0. The fraction of sp³-hybridized carbons (Fsp3) is 0.250. The third-order valence-electron chi connectivity index (χ3n) is 4.67. The molecule has 0 aliphatic carbocycles. The molecule has 0 bridgehead atoms. The smallest absolute Gasteiger partial charge is 0.254 e. The molecule has 2 aliphatic heterocycles. The third kappa shape index (κ3) is 3.10. The van der Waals surface area contributed by atoms with E-state index in [1.54, 1.807) is 17.0 Å². The molecule has 0 aromatic heterocycles. The molecule has 1 N–H and O–H groups in total. The summed E-state index contributed by atoms with van der Waals surface area (Å²) in [6.07, 6.45) is 2.13. The van der Waals surface area contributed by atoms with Crippen molar-refractivity contribution < 1.29 is 14.7 Å². The summed E-state index contributed by atoms with van der Waals surface area (Å²) < 4.78 is 0. The number of carbonyl (C=O) groups excluding carboxylic acids is 2. The molecule has 0 radical (unpaired) electrons. The van der Waals surface area contributed by atoms with Crippen LogP contribution in [0, 0.1) is 5.92 Å². The number of carbonyl (C=O) groups is 2. The van der Waals surface area contributed by atoms with Crippen LogP contribution in [-0.2, 0) is 11.2 Å². The summed E-state index contributed by atoms with van der Waals surface area (Å²) in [4.78, 5) is 30.2. The zero-order valence-electron chi connectivity index (χ0n) is 13.6. The number of benzene rings is 2. The Kier molecular flexibility index (Phi) is 3.93. The number of hydrogen-bond acceptors (Lipinski definition) is 3. The van der Waals surface area contributed by atoms with E-state index in [0.29, 0.717) is 25.1 Å². The quantitative estimate of drug-likeness (QED) is 0.878. The molecule has 5 nitrogen and oxygen atoms in total. The Bertz CT molecular complexity index is 944. The van der Waals surface area contributed by atoms with Gasteiger partial charge >= 0.3 is 0 Å². The van der Waals surface area contributed by atoms with Gasteiger partial charge in [-0.3, -0.25) is 9.59 Å². The fourth-order valence-electron chi connectivity index (χ4n) is 3.21. The molecular weight excluding hydrogens is 316 g/mol. The SMILES string of the molecule is O=C1N=c2ccccc2=CC1Cc1ccc(C(=O)N2CC(O)C2)cc1. The zero-order valence-corrected chi connectivity index (χ0v) is 13.6. The average molecular weight is 334 g/mol. The molecule has 25 heavy (non-hydrogen) atoms. The minimum Gasteiger partial charge on any atom is -0.389 e. The van der Waals surface area contributed by atoms with Gasteiger partial charge in [-0.1, -0.05) is 36.4 Å². The summed E-state index contributed by atoms with van der Waals surface area (Å²) >= 11 is 0. The monoisotopic (exact) mass is 334 g/mol. The second kappa shape index (κ2) is 6.26. The van der Waals surface area contributed by atoms with Crippen molar-refractivity contribution in [3.05, 3.63) is 70.2 Å².